The molecular formula is C27H35F4N5O5. The van der Waals surface area contributed by atoms with Crippen molar-refractivity contribution in [3.8, 4) is 5.69 Å². The first-order valence-electron chi connectivity index (χ1n) is 13.5. The van der Waals surface area contributed by atoms with Gasteiger partial charge in [-0.2, -0.15) is 18.3 Å². The molecule has 10 nitrogen and oxygen atoms in total. The summed E-state index contributed by atoms with van der Waals surface area (Å²) >= 11 is 0. The second-order valence-corrected chi connectivity index (χ2v) is 10.7. The third-order valence-electron chi connectivity index (χ3n) is 7.12. The van der Waals surface area contributed by atoms with Gasteiger partial charge >= 0.3 is 6.18 Å². The molecule has 0 aliphatic carbocycles. The quantitative estimate of drug-likeness (QED) is 0.220. The number of halogens is 4. The van der Waals surface area contributed by atoms with Crippen molar-refractivity contribution >= 4 is 11.8 Å². The minimum Gasteiger partial charge on any atom is -0.393 e. The maximum absolute atomic E-state index is 13.6. The Labute approximate surface area is 234 Å². The molecule has 0 radical (unpaired) electrons. The van der Waals surface area contributed by atoms with Crippen LogP contribution < -0.4 is 10.6 Å². The average molecular weight is 586 g/mol. The van der Waals surface area contributed by atoms with Gasteiger partial charge in [0.15, 0.2) is 5.69 Å². The fourth-order valence-electron chi connectivity index (χ4n) is 5.02. The number of carbonyl (C=O) groups excluding carboxylic acids is 2. The van der Waals surface area contributed by atoms with Crippen LogP contribution in [0.15, 0.2) is 29.4 Å². The lowest BCUT2D eigenvalue weighted by atomic mass is 9.94. The molecular weight excluding hydrogens is 550 g/mol. The molecule has 1 fully saturated rings. The second kappa shape index (κ2) is 14.1. The van der Waals surface area contributed by atoms with Crippen LogP contribution in [0, 0.1) is 16.6 Å². The van der Waals surface area contributed by atoms with E-state index in [-0.39, 0.29) is 56.3 Å². The number of nitrogens with one attached hydrogen (secondary N) is 2. The Bertz CT molecular complexity index is 1190. The molecule has 3 rings (SSSR count). The van der Waals surface area contributed by atoms with Gasteiger partial charge in [-0.3, -0.25) is 9.59 Å². The highest BCUT2D eigenvalue weighted by Gasteiger charge is 2.41. The fraction of sp³-hybridized carbons (Fsp3) is 0.593. The first kappa shape index (κ1) is 32.3. The molecule has 41 heavy (non-hydrogen) atoms. The maximum Gasteiger partial charge on any atom is 0.403 e. The maximum atomic E-state index is 13.6. The Balaban J connectivity index is 1.80. The van der Waals surface area contributed by atoms with Crippen molar-refractivity contribution in [1.82, 2.24) is 20.4 Å². The van der Waals surface area contributed by atoms with Crippen molar-refractivity contribution in [3.05, 3.63) is 51.9 Å². The lowest BCUT2D eigenvalue weighted by molar-refractivity contribution is -0.162. The summed E-state index contributed by atoms with van der Waals surface area (Å²) in [6.45, 7) is 3.96. The summed E-state index contributed by atoms with van der Waals surface area (Å²) in [5.74, 6) is -2.41. The number of alkyl halides is 3. The number of aromatic nitrogens is 2. The van der Waals surface area contributed by atoms with E-state index in [9.17, 15) is 42.3 Å². The van der Waals surface area contributed by atoms with Gasteiger partial charge in [-0.15, -0.1) is 4.91 Å². The number of aliphatic hydroxyl groups is 2. The molecule has 1 aromatic carbocycles. The van der Waals surface area contributed by atoms with Gasteiger partial charge < -0.3 is 20.8 Å². The number of piperidine rings is 1. The number of nitroso groups, excluding NO2 is 1. The molecule has 4 atom stereocenters. The monoisotopic (exact) mass is 585 g/mol. The number of rotatable bonds is 12. The number of hydrogen-bond donors (Lipinski definition) is 4. The lowest BCUT2D eigenvalue weighted by Gasteiger charge is -2.31. The smallest absolute Gasteiger partial charge is 0.393 e. The molecule has 1 saturated heterocycles. The zero-order valence-electron chi connectivity index (χ0n) is 22.8. The number of nitrogens with zero attached hydrogens (tertiary/aromatic N) is 3. The van der Waals surface area contributed by atoms with E-state index >= 15 is 0 Å². The van der Waals surface area contributed by atoms with Crippen molar-refractivity contribution in [3.63, 3.8) is 0 Å². The summed E-state index contributed by atoms with van der Waals surface area (Å²) < 4.78 is 54.0. The fourth-order valence-corrected chi connectivity index (χ4v) is 5.02. The minimum atomic E-state index is -4.32. The van der Waals surface area contributed by atoms with Crippen molar-refractivity contribution in [2.75, 3.05) is 13.1 Å². The van der Waals surface area contributed by atoms with Crippen molar-refractivity contribution in [1.29, 1.82) is 0 Å². The number of amides is 2. The summed E-state index contributed by atoms with van der Waals surface area (Å²) in [7, 11) is 0. The molecule has 1 aliphatic heterocycles. The summed E-state index contributed by atoms with van der Waals surface area (Å²) in [5, 5.41) is 32.5. The molecule has 226 valence electrons. The Kier molecular flexibility index (Phi) is 11.1. The summed E-state index contributed by atoms with van der Waals surface area (Å²) in [4.78, 5) is 34.8. The molecule has 2 amide bonds. The predicted molar refractivity (Wildman–Crippen MR) is 141 cm³/mol. The van der Waals surface area contributed by atoms with E-state index in [0.717, 1.165) is 0 Å². The summed E-state index contributed by atoms with van der Waals surface area (Å²) in [6, 6.07) is 3.89. The van der Waals surface area contributed by atoms with Crippen molar-refractivity contribution in [2.24, 2.45) is 11.1 Å². The van der Waals surface area contributed by atoms with Gasteiger partial charge in [-0.05, 0) is 68.2 Å². The van der Waals surface area contributed by atoms with Gasteiger partial charge in [0.1, 0.15) is 11.9 Å². The standard InChI is InChI=1S/C27H35F4N5O5/c1-15(2)24-21(9-8-19(37)11-20(38)12-23(39)35-41)36(18-6-4-17(28)5-7-18)34-25(24)26(40)33-14-16-3-10-22(32-13-16)27(29,30)31/h4-7,15-16,19-20,22,32,37-38H,3,8-14H2,1-2H3,(H,33,40)/t16?,19-,20-,22?/m1/s1. The van der Waals surface area contributed by atoms with Crippen LogP contribution in [0.5, 0.6) is 0 Å². The van der Waals surface area contributed by atoms with E-state index in [1.165, 1.54) is 28.9 Å². The van der Waals surface area contributed by atoms with E-state index in [0.29, 0.717) is 23.4 Å². The molecule has 4 N–H and O–H groups in total. The van der Waals surface area contributed by atoms with Crippen LogP contribution in [0.4, 0.5) is 17.6 Å². The van der Waals surface area contributed by atoms with Crippen LogP contribution >= 0.6 is 0 Å². The second-order valence-electron chi connectivity index (χ2n) is 10.7. The van der Waals surface area contributed by atoms with E-state index in [2.05, 4.69) is 20.9 Å². The van der Waals surface area contributed by atoms with E-state index in [1.54, 1.807) is 0 Å². The average Bonchev–Trinajstić information content (AvgIpc) is 3.30. The molecule has 1 aliphatic rings. The van der Waals surface area contributed by atoms with Gasteiger partial charge in [-0.1, -0.05) is 13.8 Å². The molecule has 2 heterocycles. The van der Waals surface area contributed by atoms with Gasteiger partial charge in [-0.25, -0.2) is 9.07 Å². The van der Waals surface area contributed by atoms with Crippen molar-refractivity contribution < 1.29 is 37.4 Å². The van der Waals surface area contributed by atoms with Crippen molar-refractivity contribution in [2.45, 2.75) is 82.7 Å². The number of benzene rings is 1. The van der Waals surface area contributed by atoms with Gasteiger partial charge in [0.25, 0.3) is 11.8 Å². The van der Waals surface area contributed by atoms with Gasteiger partial charge in [0, 0.05) is 29.5 Å². The zero-order valence-corrected chi connectivity index (χ0v) is 22.8. The molecule has 0 spiro atoms. The minimum absolute atomic E-state index is 0.0819. The van der Waals surface area contributed by atoms with E-state index in [4.69, 9.17) is 0 Å². The Morgan fingerprint density at radius 3 is 2.41 bits per heavy atom. The Morgan fingerprint density at radius 1 is 1.17 bits per heavy atom. The predicted octanol–water partition coefficient (Wildman–Crippen LogP) is 3.52. The number of aliphatic hydroxyl groups excluding tert-OH is 2. The highest BCUT2D eigenvalue weighted by molar-refractivity contribution is 5.94. The molecule has 0 saturated carbocycles. The van der Waals surface area contributed by atoms with Crippen LogP contribution in [0.1, 0.15) is 73.6 Å². The van der Waals surface area contributed by atoms with Gasteiger partial charge in [0.05, 0.1) is 24.3 Å². The molecule has 1 aromatic heterocycles. The van der Waals surface area contributed by atoms with Crippen LogP contribution in [-0.2, 0) is 11.2 Å². The number of hydrogen-bond acceptors (Lipinski definition) is 7. The highest BCUT2D eigenvalue weighted by Crippen LogP contribution is 2.30. The first-order valence-corrected chi connectivity index (χ1v) is 13.5. The third-order valence-corrected chi connectivity index (χ3v) is 7.12. The Hall–Kier alpha value is -3.23. The largest absolute Gasteiger partial charge is 0.403 e. The van der Waals surface area contributed by atoms with Crippen LogP contribution in [0.2, 0.25) is 0 Å². The Morgan fingerprint density at radius 2 is 1.85 bits per heavy atom. The van der Waals surface area contributed by atoms with Gasteiger partial charge in [0.2, 0.25) is 0 Å². The topological polar surface area (TPSA) is 146 Å². The zero-order chi connectivity index (χ0) is 30.3. The van der Waals surface area contributed by atoms with Crippen LogP contribution in [-0.4, -0.2) is 69.3 Å². The summed E-state index contributed by atoms with van der Waals surface area (Å²) in [5.41, 5.74) is 1.73. The normalized spacial score (nSPS) is 19.1. The van der Waals surface area contributed by atoms with E-state index < -0.39 is 48.5 Å². The molecule has 0 bridgehead atoms. The van der Waals surface area contributed by atoms with Crippen LogP contribution in [0.25, 0.3) is 5.69 Å². The summed E-state index contributed by atoms with van der Waals surface area (Å²) in [6.07, 6.45) is -6.81. The molecule has 14 heteroatoms. The third kappa shape index (κ3) is 8.88. The SMILES string of the molecule is CC(C)c1c(C(=O)NCC2CCC(C(F)(F)F)NC2)nn(-c2ccc(F)cc2)c1CC[C@@H](O)C[C@@H](O)CC(=O)N=O. The lowest BCUT2D eigenvalue weighted by Crippen LogP contribution is -2.49. The van der Waals surface area contributed by atoms with E-state index in [1.807, 2.05) is 13.8 Å². The molecule has 2 aromatic rings. The highest BCUT2D eigenvalue weighted by atomic mass is 19.4. The molecule has 2 unspecified atom stereocenters. The van der Waals surface area contributed by atoms with Crippen LogP contribution in [0.3, 0.4) is 0 Å². The first-order chi connectivity index (χ1) is 19.3. The number of carbonyl (C=O) groups is 2.